The van der Waals surface area contributed by atoms with Gasteiger partial charge in [-0.05, 0) is 44.1 Å². The Hall–Kier alpha value is -1.39. The van der Waals surface area contributed by atoms with Gasteiger partial charge in [0, 0.05) is 38.1 Å². The molecule has 3 fully saturated rings. The van der Waals surface area contributed by atoms with Gasteiger partial charge in [-0.2, -0.15) is 0 Å². The fourth-order valence-corrected chi connectivity index (χ4v) is 4.51. The van der Waals surface area contributed by atoms with Crippen LogP contribution in [0.15, 0.2) is 24.3 Å². The van der Waals surface area contributed by atoms with Crippen LogP contribution < -0.4 is 0 Å². The molecule has 136 valence electrons. The molecule has 1 aromatic rings. The zero-order valence-electron chi connectivity index (χ0n) is 15.3. The average Bonchev–Trinajstić information content (AvgIpc) is 3.43. The highest BCUT2D eigenvalue weighted by molar-refractivity contribution is 5.83. The summed E-state index contributed by atoms with van der Waals surface area (Å²) in [7, 11) is 0. The maximum absolute atomic E-state index is 13.2. The number of benzene rings is 1. The van der Waals surface area contributed by atoms with Gasteiger partial charge in [0.1, 0.15) is 0 Å². The summed E-state index contributed by atoms with van der Waals surface area (Å²) in [6.07, 6.45) is 4.60. The molecule has 2 aliphatic heterocycles. The van der Waals surface area contributed by atoms with Gasteiger partial charge in [0.15, 0.2) is 0 Å². The number of carbonyl (C=O) groups is 1. The Kier molecular flexibility index (Phi) is 5.09. The van der Waals surface area contributed by atoms with Crippen LogP contribution in [0.2, 0.25) is 0 Å². The number of morpholine rings is 1. The quantitative estimate of drug-likeness (QED) is 0.843. The Bertz CT molecular complexity index is 612. The lowest BCUT2D eigenvalue weighted by Gasteiger charge is -2.40. The lowest BCUT2D eigenvalue weighted by Crippen LogP contribution is -2.51. The second-order valence-corrected chi connectivity index (χ2v) is 7.96. The van der Waals surface area contributed by atoms with Crippen molar-refractivity contribution in [1.29, 1.82) is 0 Å². The van der Waals surface area contributed by atoms with Gasteiger partial charge in [0.25, 0.3) is 0 Å². The monoisotopic (exact) mass is 342 g/mol. The largest absolute Gasteiger partial charge is 0.379 e. The van der Waals surface area contributed by atoms with Crippen LogP contribution in [0.1, 0.15) is 42.7 Å². The second kappa shape index (κ2) is 7.46. The van der Waals surface area contributed by atoms with Crippen LogP contribution in [-0.2, 0) is 9.53 Å². The van der Waals surface area contributed by atoms with E-state index in [1.165, 1.54) is 17.5 Å². The molecule has 0 N–H and O–H groups in total. The molecule has 1 aliphatic carbocycles. The molecule has 1 amide bonds. The van der Waals surface area contributed by atoms with Gasteiger partial charge < -0.3 is 9.64 Å². The Labute approximate surface area is 151 Å². The molecule has 3 aliphatic rings. The Morgan fingerprint density at radius 3 is 2.84 bits per heavy atom. The smallest absolute Gasteiger partial charge is 0.226 e. The predicted octanol–water partition coefficient (Wildman–Crippen LogP) is 2.81. The fraction of sp³-hybridized carbons (Fsp3) is 0.667. The number of nitrogens with zero attached hydrogens (tertiary/aromatic N) is 2. The van der Waals surface area contributed by atoms with Crippen LogP contribution >= 0.6 is 0 Å². The Morgan fingerprint density at radius 2 is 2.04 bits per heavy atom. The third kappa shape index (κ3) is 3.90. The molecular weight excluding hydrogens is 312 g/mol. The number of amides is 1. The molecule has 2 heterocycles. The third-order valence-electron chi connectivity index (χ3n) is 6.06. The van der Waals surface area contributed by atoms with E-state index in [1.54, 1.807) is 0 Å². The first-order chi connectivity index (χ1) is 12.2. The number of ether oxygens (including phenoxy) is 1. The van der Waals surface area contributed by atoms with Crippen LogP contribution in [0, 0.1) is 12.8 Å². The molecule has 4 rings (SSSR count). The molecule has 0 bridgehead atoms. The number of carbonyl (C=O) groups excluding carboxylic acids is 1. The van der Waals surface area contributed by atoms with Crippen LogP contribution in [0.5, 0.6) is 0 Å². The van der Waals surface area contributed by atoms with E-state index in [2.05, 4.69) is 41.0 Å². The van der Waals surface area contributed by atoms with E-state index < -0.39 is 0 Å². The Balaban J connectivity index is 1.39. The number of hydrogen-bond donors (Lipinski definition) is 0. The first kappa shape index (κ1) is 17.0. The first-order valence-electron chi connectivity index (χ1n) is 9.89. The van der Waals surface area contributed by atoms with Gasteiger partial charge in [-0.1, -0.05) is 29.8 Å². The summed E-state index contributed by atoms with van der Waals surface area (Å²) in [4.78, 5) is 17.9. The van der Waals surface area contributed by atoms with Crippen molar-refractivity contribution in [1.82, 2.24) is 9.80 Å². The molecule has 1 saturated carbocycles. The molecule has 0 radical (unpaired) electrons. The number of aryl methyl sites for hydroxylation is 1. The van der Waals surface area contributed by atoms with Gasteiger partial charge in [-0.25, -0.2) is 0 Å². The predicted molar refractivity (Wildman–Crippen MR) is 98.6 cm³/mol. The van der Waals surface area contributed by atoms with Gasteiger partial charge in [-0.15, -0.1) is 0 Å². The average molecular weight is 342 g/mol. The zero-order chi connectivity index (χ0) is 17.2. The van der Waals surface area contributed by atoms with Crippen molar-refractivity contribution in [2.75, 3.05) is 39.4 Å². The van der Waals surface area contributed by atoms with Crippen LogP contribution in [0.4, 0.5) is 0 Å². The van der Waals surface area contributed by atoms with E-state index in [-0.39, 0.29) is 5.92 Å². The highest BCUT2D eigenvalue weighted by Gasteiger charge is 2.47. The number of hydrogen-bond acceptors (Lipinski definition) is 3. The van der Waals surface area contributed by atoms with E-state index in [1.807, 2.05) is 0 Å². The Morgan fingerprint density at radius 1 is 1.20 bits per heavy atom. The topological polar surface area (TPSA) is 32.8 Å². The minimum Gasteiger partial charge on any atom is -0.379 e. The minimum absolute atomic E-state index is 0.215. The summed E-state index contributed by atoms with van der Waals surface area (Å²) in [6, 6.07) is 9.09. The summed E-state index contributed by atoms with van der Waals surface area (Å²) in [5.41, 5.74) is 2.64. The molecule has 4 nitrogen and oxygen atoms in total. The molecule has 25 heavy (non-hydrogen) atoms. The molecule has 1 aromatic carbocycles. The van der Waals surface area contributed by atoms with Crippen LogP contribution in [-0.4, -0.2) is 61.1 Å². The van der Waals surface area contributed by atoms with Crippen LogP contribution in [0.25, 0.3) is 0 Å². The number of piperidine rings is 1. The molecule has 0 unspecified atom stereocenters. The highest BCUT2D eigenvalue weighted by atomic mass is 16.5. The molecular formula is C21H30N2O2. The minimum atomic E-state index is 0.215. The van der Waals surface area contributed by atoms with E-state index in [0.29, 0.717) is 17.9 Å². The van der Waals surface area contributed by atoms with E-state index >= 15 is 0 Å². The van der Waals surface area contributed by atoms with Crippen LogP contribution in [0.3, 0.4) is 0 Å². The fourth-order valence-electron chi connectivity index (χ4n) is 4.51. The summed E-state index contributed by atoms with van der Waals surface area (Å²) in [6.45, 7) is 7.78. The van der Waals surface area contributed by atoms with Gasteiger partial charge in [-0.3, -0.25) is 9.69 Å². The third-order valence-corrected chi connectivity index (χ3v) is 6.06. The summed E-state index contributed by atoms with van der Waals surface area (Å²) >= 11 is 0. The number of likely N-dealkylation sites (tertiary alicyclic amines) is 1. The van der Waals surface area contributed by atoms with E-state index in [9.17, 15) is 4.79 Å². The van der Waals surface area contributed by atoms with Crippen molar-refractivity contribution in [3.63, 3.8) is 0 Å². The second-order valence-electron chi connectivity index (χ2n) is 7.96. The first-order valence-corrected chi connectivity index (χ1v) is 9.89. The standard InChI is InChI=1S/C21H30N2O2/c1-16-5-4-6-17(13-16)19-14-20(19)21(24)23-8-3-2-7-18(23)15-22-9-11-25-12-10-22/h4-6,13,18-20H,2-3,7-12,14-15H2,1H3/t18-,19-,20-/m0/s1. The summed E-state index contributed by atoms with van der Waals surface area (Å²) in [5.74, 6) is 1.06. The summed E-state index contributed by atoms with van der Waals surface area (Å²) < 4.78 is 5.46. The van der Waals surface area contributed by atoms with Gasteiger partial charge in [0.2, 0.25) is 5.91 Å². The molecule has 0 spiro atoms. The van der Waals surface area contributed by atoms with Crippen molar-refractivity contribution in [3.05, 3.63) is 35.4 Å². The molecule has 2 saturated heterocycles. The van der Waals surface area contributed by atoms with Crippen molar-refractivity contribution >= 4 is 5.91 Å². The molecule has 0 aromatic heterocycles. The zero-order valence-corrected chi connectivity index (χ0v) is 15.3. The van der Waals surface area contributed by atoms with Crippen molar-refractivity contribution in [3.8, 4) is 0 Å². The lowest BCUT2D eigenvalue weighted by atomic mass is 9.99. The maximum atomic E-state index is 13.2. The lowest BCUT2D eigenvalue weighted by molar-refractivity contribution is -0.137. The highest BCUT2D eigenvalue weighted by Crippen LogP contribution is 2.49. The molecule has 4 heteroatoms. The SMILES string of the molecule is Cc1cccc([C@@H]2C[C@@H]2C(=O)N2CCCC[C@H]2CN2CCOCC2)c1. The van der Waals surface area contributed by atoms with Crippen molar-refractivity contribution in [2.24, 2.45) is 5.92 Å². The van der Waals surface area contributed by atoms with Gasteiger partial charge in [0.05, 0.1) is 13.2 Å². The van der Waals surface area contributed by atoms with Crippen molar-refractivity contribution < 1.29 is 9.53 Å². The van der Waals surface area contributed by atoms with E-state index in [0.717, 1.165) is 58.7 Å². The normalized spacial score (nSPS) is 30.3. The maximum Gasteiger partial charge on any atom is 0.226 e. The molecule has 3 atom stereocenters. The number of rotatable bonds is 4. The summed E-state index contributed by atoms with van der Waals surface area (Å²) in [5, 5.41) is 0. The van der Waals surface area contributed by atoms with Gasteiger partial charge >= 0.3 is 0 Å². The van der Waals surface area contributed by atoms with Crippen molar-refractivity contribution in [2.45, 2.75) is 44.6 Å². The van der Waals surface area contributed by atoms with E-state index in [4.69, 9.17) is 4.74 Å².